The minimum atomic E-state index is -0.458. The minimum Gasteiger partial charge on any atom is -0.422 e. The zero-order chi connectivity index (χ0) is 15.6. The molecule has 3 heteroatoms. The van der Waals surface area contributed by atoms with Gasteiger partial charge in [-0.05, 0) is 63.1 Å². The average Bonchev–Trinajstić information content (AvgIpc) is 2.43. The van der Waals surface area contributed by atoms with Crippen molar-refractivity contribution in [2.75, 3.05) is 0 Å². The summed E-state index contributed by atoms with van der Waals surface area (Å²) in [7, 11) is 0. The Labute approximate surface area is 124 Å². The van der Waals surface area contributed by atoms with Crippen molar-refractivity contribution in [1.29, 1.82) is 0 Å². The fourth-order valence-electron chi connectivity index (χ4n) is 2.00. The van der Waals surface area contributed by atoms with E-state index in [0.29, 0.717) is 16.9 Å². The molecule has 0 heterocycles. The van der Waals surface area contributed by atoms with Crippen LogP contribution < -0.4 is 4.74 Å². The minimum absolute atomic E-state index is 0.121. The van der Waals surface area contributed by atoms with Crippen LogP contribution in [0.5, 0.6) is 5.75 Å². The molecule has 3 nitrogen and oxygen atoms in total. The number of carbonyl (C=O) groups is 2. The third-order valence-corrected chi connectivity index (χ3v) is 3.47. The third kappa shape index (κ3) is 3.37. The van der Waals surface area contributed by atoms with E-state index < -0.39 is 5.97 Å². The number of esters is 1. The quantitative estimate of drug-likeness (QED) is 0.485. The largest absolute Gasteiger partial charge is 0.422 e. The number of hydrogen-bond donors (Lipinski definition) is 0. The van der Waals surface area contributed by atoms with Crippen LogP contribution >= 0.6 is 0 Å². The standard InChI is InChI=1S/C18H18O3/c1-11-5-7-15(8-6-11)18(20)21-17-10-13(3)12(2)9-16(17)14(4)19/h5-10H,1-4H3. The summed E-state index contributed by atoms with van der Waals surface area (Å²) in [5.41, 5.74) is 3.94. The molecule has 0 fully saturated rings. The van der Waals surface area contributed by atoms with Crippen molar-refractivity contribution < 1.29 is 14.3 Å². The second-order valence-electron chi connectivity index (χ2n) is 5.24. The summed E-state index contributed by atoms with van der Waals surface area (Å²) in [5, 5.41) is 0. The number of rotatable bonds is 3. The molecule has 0 aliphatic carbocycles. The van der Waals surface area contributed by atoms with Crippen molar-refractivity contribution in [2.24, 2.45) is 0 Å². The smallest absolute Gasteiger partial charge is 0.343 e. The van der Waals surface area contributed by atoms with Crippen molar-refractivity contribution in [3.05, 3.63) is 64.2 Å². The van der Waals surface area contributed by atoms with Gasteiger partial charge in [-0.1, -0.05) is 17.7 Å². The first kappa shape index (κ1) is 15.0. The molecule has 108 valence electrons. The molecule has 21 heavy (non-hydrogen) atoms. The van der Waals surface area contributed by atoms with Gasteiger partial charge in [0.05, 0.1) is 11.1 Å². The van der Waals surface area contributed by atoms with Crippen LogP contribution in [0.25, 0.3) is 0 Å². The fourth-order valence-corrected chi connectivity index (χ4v) is 2.00. The summed E-state index contributed by atoms with van der Waals surface area (Å²) < 4.78 is 5.41. The fraction of sp³-hybridized carbons (Fsp3) is 0.222. The summed E-state index contributed by atoms with van der Waals surface area (Å²) in [6, 6.07) is 10.6. The lowest BCUT2D eigenvalue weighted by Crippen LogP contribution is -2.11. The maximum absolute atomic E-state index is 12.2. The highest BCUT2D eigenvalue weighted by molar-refractivity contribution is 5.99. The Bertz CT molecular complexity index is 697. The molecule has 0 bridgehead atoms. The van der Waals surface area contributed by atoms with Crippen LogP contribution in [0.1, 0.15) is 44.3 Å². The summed E-state index contributed by atoms with van der Waals surface area (Å²) >= 11 is 0. The number of ketones is 1. The number of ether oxygens (including phenoxy) is 1. The molecular weight excluding hydrogens is 264 g/mol. The summed E-state index contributed by atoms with van der Waals surface area (Å²) in [6.45, 7) is 7.26. The number of hydrogen-bond acceptors (Lipinski definition) is 3. The molecule has 0 aliphatic rings. The monoisotopic (exact) mass is 282 g/mol. The molecular formula is C18H18O3. The van der Waals surface area contributed by atoms with E-state index in [1.165, 1.54) is 6.92 Å². The molecule has 2 aromatic carbocycles. The van der Waals surface area contributed by atoms with E-state index in [0.717, 1.165) is 16.7 Å². The van der Waals surface area contributed by atoms with Gasteiger partial charge in [0, 0.05) is 0 Å². The maximum Gasteiger partial charge on any atom is 0.343 e. The second-order valence-corrected chi connectivity index (χ2v) is 5.24. The predicted octanol–water partition coefficient (Wildman–Crippen LogP) is 4.03. The van der Waals surface area contributed by atoms with E-state index in [1.807, 2.05) is 32.9 Å². The normalized spacial score (nSPS) is 10.3. The first-order valence-electron chi connectivity index (χ1n) is 6.79. The van der Waals surface area contributed by atoms with Crippen LogP contribution in [0.2, 0.25) is 0 Å². The molecule has 0 unspecified atom stereocenters. The van der Waals surface area contributed by atoms with Crippen LogP contribution in [0.4, 0.5) is 0 Å². The Morgan fingerprint density at radius 2 is 1.48 bits per heavy atom. The Morgan fingerprint density at radius 3 is 2.05 bits per heavy atom. The van der Waals surface area contributed by atoms with Crippen molar-refractivity contribution in [1.82, 2.24) is 0 Å². The van der Waals surface area contributed by atoms with Crippen LogP contribution in [-0.4, -0.2) is 11.8 Å². The van der Waals surface area contributed by atoms with E-state index in [4.69, 9.17) is 4.74 Å². The zero-order valence-electron chi connectivity index (χ0n) is 12.7. The predicted molar refractivity (Wildman–Crippen MR) is 82.1 cm³/mol. The topological polar surface area (TPSA) is 43.4 Å². The van der Waals surface area contributed by atoms with Crippen molar-refractivity contribution in [2.45, 2.75) is 27.7 Å². The first-order chi connectivity index (χ1) is 9.88. The van der Waals surface area contributed by atoms with E-state index >= 15 is 0 Å². The molecule has 2 rings (SSSR count). The lowest BCUT2D eigenvalue weighted by atomic mass is 10.0. The van der Waals surface area contributed by atoms with Gasteiger partial charge in [0.15, 0.2) is 5.78 Å². The second kappa shape index (κ2) is 5.92. The van der Waals surface area contributed by atoms with Crippen LogP contribution in [0.15, 0.2) is 36.4 Å². The third-order valence-electron chi connectivity index (χ3n) is 3.47. The Morgan fingerprint density at radius 1 is 0.905 bits per heavy atom. The molecule has 0 aliphatic heterocycles. The number of Topliss-reactive ketones (excluding diaryl/α,β-unsaturated/α-hetero) is 1. The van der Waals surface area contributed by atoms with Gasteiger partial charge in [0.25, 0.3) is 0 Å². The highest BCUT2D eigenvalue weighted by Crippen LogP contribution is 2.25. The highest BCUT2D eigenvalue weighted by Gasteiger charge is 2.15. The van der Waals surface area contributed by atoms with E-state index in [1.54, 1.807) is 24.3 Å². The van der Waals surface area contributed by atoms with E-state index in [2.05, 4.69) is 0 Å². The Kier molecular flexibility index (Phi) is 4.22. The molecule has 0 spiro atoms. The lowest BCUT2D eigenvalue weighted by Gasteiger charge is -2.11. The molecule has 0 atom stereocenters. The molecule has 2 aromatic rings. The average molecular weight is 282 g/mol. The van der Waals surface area contributed by atoms with Gasteiger partial charge in [-0.25, -0.2) is 4.79 Å². The first-order valence-corrected chi connectivity index (χ1v) is 6.79. The van der Waals surface area contributed by atoms with Gasteiger partial charge in [-0.15, -0.1) is 0 Å². The Balaban J connectivity index is 2.34. The number of aryl methyl sites for hydroxylation is 3. The SMILES string of the molecule is CC(=O)c1cc(C)c(C)cc1OC(=O)c1ccc(C)cc1. The van der Waals surface area contributed by atoms with Gasteiger partial charge in [0.2, 0.25) is 0 Å². The summed E-state index contributed by atoms with van der Waals surface area (Å²) in [5.74, 6) is -0.262. The van der Waals surface area contributed by atoms with Gasteiger partial charge >= 0.3 is 5.97 Å². The summed E-state index contributed by atoms with van der Waals surface area (Å²) in [6.07, 6.45) is 0. The maximum atomic E-state index is 12.2. The highest BCUT2D eigenvalue weighted by atomic mass is 16.5. The molecule has 0 amide bonds. The van der Waals surface area contributed by atoms with Crippen LogP contribution in [-0.2, 0) is 0 Å². The molecule has 0 saturated carbocycles. The molecule has 0 radical (unpaired) electrons. The summed E-state index contributed by atoms with van der Waals surface area (Å²) in [4.78, 5) is 23.9. The van der Waals surface area contributed by atoms with Crippen molar-refractivity contribution in [3.63, 3.8) is 0 Å². The Hall–Kier alpha value is -2.42. The van der Waals surface area contributed by atoms with Crippen LogP contribution in [0.3, 0.4) is 0 Å². The van der Waals surface area contributed by atoms with Gasteiger partial charge in [0.1, 0.15) is 5.75 Å². The number of benzene rings is 2. The van der Waals surface area contributed by atoms with E-state index in [9.17, 15) is 9.59 Å². The van der Waals surface area contributed by atoms with Crippen molar-refractivity contribution >= 4 is 11.8 Å². The van der Waals surface area contributed by atoms with Gasteiger partial charge in [-0.2, -0.15) is 0 Å². The van der Waals surface area contributed by atoms with Gasteiger partial charge in [-0.3, -0.25) is 4.79 Å². The molecule has 0 aromatic heterocycles. The molecule has 0 N–H and O–H groups in total. The van der Waals surface area contributed by atoms with Crippen LogP contribution in [0, 0.1) is 20.8 Å². The lowest BCUT2D eigenvalue weighted by molar-refractivity contribution is 0.0732. The van der Waals surface area contributed by atoms with E-state index in [-0.39, 0.29) is 5.78 Å². The zero-order valence-corrected chi connectivity index (χ0v) is 12.7. The molecule has 0 saturated heterocycles. The van der Waals surface area contributed by atoms with Gasteiger partial charge < -0.3 is 4.74 Å². The number of carbonyl (C=O) groups excluding carboxylic acids is 2. The van der Waals surface area contributed by atoms with Crippen molar-refractivity contribution in [3.8, 4) is 5.75 Å².